The van der Waals surface area contributed by atoms with Crippen LogP contribution in [0.3, 0.4) is 0 Å². The molecule has 0 heterocycles. The van der Waals surface area contributed by atoms with Crippen molar-refractivity contribution in [2.24, 2.45) is 23.7 Å². The van der Waals surface area contributed by atoms with E-state index in [0.29, 0.717) is 11.8 Å². The molecule has 1 N–H and O–H groups in total. The molecule has 91 valence electrons. The Balaban J connectivity index is 0.00000128. The van der Waals surface area contributed by atoms with E-state index in [1.165, 1.54) is 25.7 Å². The number of hydrogen-bond donors (Lipinski definition) is 1. The first-order chi connectivity index (χ1) is 7.13. The van der Waals surface area contributed by atoms with Crippen LogP contribution in [0.25, 0.3) is 0 Å². The summed E-state index contributed by atoms with van der Waals surface area (Å²) in [5.41, 5.74) is 0. The number of methoxy groups -OCH3 is 1. The molecule has 0 aromatic heterocycles. The second-order valence-electron chi connectivity index (χ2n) is 5.82. The van der Waals surface area contributed by atoms with Gasteiger partial charge in [-0.2, -0.15) is 0 Å². The van der Waals surface area contributed by atoms with E-state index in [2.05, 4.69) is 13.8 Å². The Kier molecular flexibility index (Phi) is 5.91. The molecule has 5 unspecified atom stereocenters. The van der Waals surface area contributed by atoms with Crippen molar-refractivity contribution in [2.45, 2.75) is 51.7 Å². The van der Waals surface area contributed by atoms with Crippen LogP contribution in [0.2, 0.25) is 0 Å². The number of aliphatic hydroxyl groups excluding tert-OH is 1. The Hall–Kier alpha value is 1.02. The molecule has 0 amide bonds. The average Bonchev–Trinajstić information content (AvgIpc) is 2.71. The van der Waals surface area contributed by atoms with Gasteiger partial charge < -0.3 is 9.84 Å². The van der Waals surface area contributed by atoms with E-state index in [-0.39, 0.29) is 44.9 Å². The number of ether oxygens (including phenoxy) is 1. The summed E-state index contributed by atoms with van der Waals surface area (Å²) in [6.07, 6.45) is 5.02. The molecule has 0 aromatic carbocycles. The van der Waals surface area contributed by atoms with Crippen molar-refractivity contribution in [3.05, 3.63) is 0 Å². The molecule has 3 heteroatoms. The van der Waals surface area contributed by atoms with Crippen molar-refractivity contribution in [1.29, 1.82) is 0 Å². The summed E-state index contributed by atoms with van der Waals surface area (Å²) < 4.78 is 5.44. The van der Waals surface area contributed by atoms with Crippen molar-refractivity contribution < 1.29 is 42.6 Å². The fourth-order valence-electron chi connectivity index (χ4n) is 3.60. The second-order valence-corrected chi connectivity index (χ2v) is 5.82. The summed E-state index contributed by atoms with van der Waals surface area (Å²) in [5, 5.41) is 9.95. The summed E-state index contributed by atoms with van der Waals surface area (Å²) >= 11 is 0. The van der Waals surface area contributed by atoms with Crippen LogP contribution >= 0.6 is 0 Å². The van der Waals surface area contributed by atoms with Gasteiger partial charge in [0.2, 0.25) is 0 Å². The minimum Gasteiger partial charge on any atom is -0.390 e. The van der Waals surface area contributed by atoms with Crippen molar-refractivity contribution in [3.8, 4) is 0 Å². The van der Waals surface area contributed by atoms with Crippen molar-refractivity contribution in [1.82, 2.24) is 0 Å². The van der Waals surface area contributed by atoms with Gasteiger partial charge in [0.05, 0.1) is 12.2 Å². The third-order valence-electron chi connectivity index (χ3n) is 4.41. The summed E-state index contributed by atoms with van der Waals surface area (Å²) in [6.45, 7) is 4.58. The largest absolute Gasteiger partial charge is 0.390 e. The molecule has 2 bridgehead atoms. The van der Waals surface area contributed by atoms with Crippen molar-refractivity contribution in [2.75, 3.05) is 7.11 Å². The van der Waals surface area contributed by atoms with Gasteiger partial charge in [-0.25, -0.2) is 0 Å². The Labute approximate surface area is 124 Å². The maximum Gasteiger partial charge on any atom is 0.0863 e. The summed E-state index contributed by atoms with van der Waals surface area (Å²) in [7, 11) is 1.74. The molecule has 0 aliphatic heterocycles. The van der Waals surface area contributed by atoms with E-state index >= 15 is 0 Å². The SMILES string of the molecule is COC1C(O)C2CC(CCC(C)C)C1C2.[Y]. The first kappa shape index (κ1) is 15.1. The molecule has 16 heavy (non-hydrogen) atoms. The summed E-state index contributed by atoms with van der Waals surface area (Å²) in [6, 6.07) is 0. The normalized spacial score (nSPS) is 41.4. The van der Waals surface area contributed by atoms with Gasteiger partial charge in [-0.1, -0.05) is 20.3 Å². The Bertz CT molecular complexity index is 220. The van der Waals surface area contributed by atoms with E-state index in [9.17, 15) is 5.11 Å². The van der Waals surface area contributed by atoms with Gasteiger partial charge in [0.1, 0.15) is 0 Å². The van der Waals surface area contributed by atoms with Gasteiger partial charge in [0, 0.05) is 39.8 Å². The molecule has 1 radical (unpaired) electrons. The summed E-state index contributed by atoms with van der Waals surface area (Å²) in [4.78, 5) is 0. The van der Waals surface area contributed by atoms with Gasteiger partial charge in [-0.15, -0.1) is 0 Å². The van der Waals surface area contributed by atoms with E-state index in [1.807, 2.05) is 0 Å². The Morgan fingerprint density at radius 2 is 2.00 bits per heavy atom. The van der Waals surface area contributed by atoms with Gasteiger partial charge >= 0.3 is 0 Å². The third-order valence-corrected chi connectivity index (χ3v) is 4.41. The maximum absolute atomic E-state index is 9.95. The molecular formula is C13H24O2Y. The zero-order valence-electron chi connectivity index (χ0n) is 10.7. The first-order valence-corrected chi connectivity index (χ1v) is 6.34. The van der Waals surface area contributed by atoms with Crippen LogP contribution in [-0.2, 0) is 37.4 Å². The van der Waals surface area contributed by atoms with Crippen LogP contribution in [0.5, 0.6) is 0 Å². The predicted octanol–water partition coefficient (Wildman–Crippen LogP) is 2.45. The van der Waals surface area contributed by atoms with E-state index in [0.717, 1.165) is 11.8 Å². The maximum atomic E-state index is 9.95. The minimum atomic E-state index is -0.185. The molecule has 0 aromatic rings. The molecule has 5 atom stereocenters. The molecule has 2 fully saturated rings. The topological polar surface area (TPSA) is 29.5 Å². The fraction of sp³-hybridized carbons (Fsp3) is 1.00. The second kappa shape index (κ2) is 6.27. The van der Waals surface area contributed by atoms with E-state index in [4.69, 9.17) is 4.74 Å². The average molecular weight is 301 g/mol. The standard InChI is InChI=1S/C13H24O2.Y/c1-8(2)4-5-9-6-10-7-11(9)13(15-3)12(10)14;/h8-14H,4-7H2,1-3H3;. The van der Waals surface area contributed by atoms with Crippen LogP contribution in [0.1, 0.15) is 39.5 Å². The fourth-order valence-corrected chi connectivity index (χ4v) is 3.60. The molecule has 0 saturated heterocycles. The van der Waals surface area contributed by atoms with Gasteiger partial charge in [-0.05, 0) is 42.9 Å². The first-order valence-electron chi connectivity index (χ1n) is 6.34. The van der Waals surface area contributed by atoms with Gasteiger partial charge in [0.15, 0.2) is 0 Å². The summed E-state index contributed by atoms with van der Waals surface area (Å²) in [5.74, 6) is 2.77. The van der Waals surface area contributed by atoms with Crippen LogP contribution in [0.15, 0.2) is 0 Å². The zero-order chi connectivity index (χ0) is 11.0. The van der Waals surface area contributed by atoms with Gasteiger partial charge in [-0.3, -0.25) is 0 Å². The van der Waals surface area contributed by atoms with E-state index < -0.39 is 0 Å². The molecule has 2 aliphatic carbocycles. The molecule has 2 rings (SSSR count). The molecule has 2 saturated carbocycles. The quantitative estimate of drug-likeness (QED) is 0.864. The van der Waals surface area contributed by atoms with Crippen LogP contribution in [0, 0.1) is 23.7 Å². The van der Waals surface area contributed by atoms with Gasteiger partial charge in [0.25, 0.3) is 0 Å². The van der Waals surface area contributed by atoms with E-state index in [1.54, 1.807) is 7.11 Å². The monoisotopic (exact) mass is 301 g/mol. The molecule has 2 aliphatic rings. The van der Waals surface area contributed by atoms with Crippen LogP contribution in [-0.4, -0.2) is 24.4 Å². The Morgan fingerprint density at radius 1 is 1.31 bits per heavy atom. The van der Waals surface area contributed by atoms with Crippen molar-refractivity contribution >= 4 is 0 Å². The van der Waals surface area contributed by atoms with Crippen LogP contribution < -0.4 is 0 Å². The molecule has 0 spiro atoms. The predicted molar refractivity (Wildman–Crippen MR) is 60.6 cm³/mol. The Morgan fingerprint density at radius 3 is 2.50 bits per heavy atom. The third kappa shape index (κ3) is 2.88. The smallest absolute Gasteiger partial charge is 0.0863 e. The zero-order valence-corrected chi connectivity index (χ0v) is 13.6. The molecule has 2 nitrogen and oxygen atoms in total. The number of hydrogen-bond acceptors (Lipinski definition) is 2. The number of rotatable bonds is 4. The number of aliphatic hydroxyl groups is 1. The molecular weight excluding hydrogens is 277 g/mol. The number of fused-ring (bicyclic) bond motifs is 2. The van der Waals surface area contributed by atoms with Crippen LogP contribution in [0.4, 0.5) is 0 Å². The minimum absolute atomic E-state index is 0. The van der Waals surface area contributed by atoms with Crippen molar-refractivity contribution in [3.63, 3.8) is 0 Å².